The second kappa shape index (κ2) is 7.40. The lowest BCUT2D eigenvalue weighted by Gasteiger charge is -2.09. The highest BCUT2D eigenvalue weighted by molar-refractivity contribution is 5.77. The first-order valence-corrected chi connectivity index (χ1v) is 6.77. The van der Waals surface area contributed by atoms with E-state index in [4.69, 9.17) is 10.5 Å². The number of aromatic nitrogens is 1. The van der Waals surface area contributed by atoms with Crippen LogP contribution in [0.1, 0.15) is 16.7 Å². The molecule has 110 valence electrons. The molecule has 21 heavy (non-hydrogen) atoms. The van der Waals surface area contributed by atoms with Crippen LogP contribution in [-0.4, -0.2) is 17.5 Å². The number of hydrogen-bond acceptors (Lipinski definition) is 4. The van der Waals surface area contributed by atoms with Crippen molar-refractivity contribution in [2.75, 3.05) is 6.61 Å². The second-order valence-corrected chi connectivity index (χ2v) is 4.72. The zero-order valence-corrected chi connectivity index (χ0v) is 12.0. The lowest BCUT2D eigenvalue weighted by molar-refractivity contribution is -0.123. The van der Waals surface area contributed by atoms with Crippen molar-refractivity contribution >= 4 is 5.91 Å². The molecule has 3 N–H and O–H groups in total. The molecule has 1 aromatic carbocycles. The zero-order chi connectivity index (χ0) is 15.1. The van der Waals surface area contributed by atoms with Gasteiger partial charge < -0.3 is 15.8 Å². The largest absolute Gasteiger partial charge is 0.484 e. The second-order valence-electron chi connectivity index (χ2n) is 4.72. The van der Waals surface area contributed by atoms with Crippen molar-refractivity contribution < 1.29 is 9.53 Å². The summed E-state index contributed by atoms with van der Waals surface area (Å²) in [5.74, 6) is 0.497. The van der Waals surface area contributed by atoms with Crippen LogP contribution in [0.3, 0.4) is 0 Å². The Labute approximate surface area is 124 Å². The third kappa shape index (κ3) is 4.57. The number of aryl methyl sites for hydroxylation is 1. The van der Waals surface area contributed by atoms with E-state index in [-0.39, 0.29) is 12.5 Å². The number of hydrogen-bond donors (Lipinski definition) is 2. The molecule has 2 rings (SSSR count). The maximum atomic E-state index is 11.8. The number of benzene rings is 1. The van der Waals surface area contributed by atoms with Gasteiger partial charge in [-0.2, -0.15) is 0 Å². The van der Waals surface area contributed by atoms with E-state index in [9.17, 15) is 4.79 Å². The van der Waals surface area contributed by atoms with E-state index >= 15 is 0 Å². The van der Waals surface area contributed by atoms with Crippen LogP contribution in [0.25, 0.3) is 0 Å². The quantitative estimate of drug-likeness (QED) is 0.844. The Morgan fingerprint density at radius 3 is 2.71 bits per heavy atom. The van der Waals surface area contributed by atoms with Crippen molar-refractivity contribution in [3.8, 4) is 5.75 Å². The molecular formula is C16H19N3O2. The molecule has 5 heteroatoms. The van der Waals surface area contributed by atoms with Gasteiger partial charge in [0.1, 0.15) is 5.75 Å². The highest BCUT2D eigenvalue weighted by atomic mass is 16.5. The molecular weight excluding hydrogens is 266 g/mol. The molecule has 1 amide bonds. The Morgan fingerprint density at radius 1 is 1.29 bits per heavy atom. The SMILES string of the molecule is Cc1cnccc1CNC(=O)COc1ccc(CN)cc1. The van der Waals surface area contributed by atoms with Crippen molar-refractivity contribution in [1.82, 2.24) is 10.3 Å². The average Bonchev–Trinajstić information content (AvgIpc) is 2.52. The van der Waals surface area contributed by atoms with Crippen LogP contribution in [0.2, 0.25) is 0 Å². The molecule has 0 fully saturated rings. The first kappa shape index (κ1) is 15.0. The van der Waals surface area contributed by atoms with Gasteiger partial charge in [-0.25, -0.2) is 0 Å². The van der Waals surface area contributed by atoms with Crippen LogP contribution < -0.4 is 15.8 Å². The Bertz CT molecular complexity index is 597. The Balaban J connectivity index is 1.78. The van der Waals surface area contributed by atoms with E-state index in [0.29, 0.717) is 18.8 Å². The molecule has 1 aromatic heterocycles. The maximum absolute atomic E-state index is 11.8. The number of carbonyl (C=O) groups is 1. The van der Waals surface area contributed by atoms with Gasteiger partial charge in [-0.15, -0.1) is 0 Å². The van der Waals surface area contributed by atoms with E-state index in [1.54, 1.807) is 12.4 Å². The Morgan fingerprint density at radius 2 is 2.05 bits per heavy atom. The molecule has 0 aliphatic carbocycles. The van der Waals surface area contributed by atoms with Crippen molar-refractivity contribution in [1.29, 1.82) is 0 Å². The Kier molecular flexibility index (Phi) is 5.29. The van der Waals surface area contributed by atoms with Crippen molar-refractivity contribution in [2.45, 2.75) is 20.0 Å². The topological polar surface area (TPSA) is 77.2 Å². The van der Waals surface area contributed by atoms with Crippen LogP contribution in [0.4, 0.5) is 0 Å². The molecule has 0 aliphatic heterocycles. The number of nitrogens with zero attached hydrogens (tertiary/aromatic N) is 1. The fraction of sp³-hybridized carbons (Fsp3) is 0.250. The molecule has 0 radical (unpaired) electrons. The summed E-state index contributed by atoms with van der Waals surface area (Å²) in [5.41, 5.74) is 8.65. The van der Waals surface area contributed by atoms with Gasteiger partial charge in [0.15, 0.2) is 6.61 Å². The highest BCUT2D eigenvalue weighted by Crippen LogP contribution is 2.11. The number of ether oxygens (including phenoxy) is 1. The third-order valence-electron chi connectivity index (χ3n) is 3.14. The van der Waals surface area contributed by atoms with Gasteiger partial charge >= 0.3 is 0 Å². The molecule has 0 unspecified atom stereocenters. The minimum atomic E-state index is -0.158. The minimum absolute atomic E-state index is 0.00783. The molecule has 0 atom stereocenters. The Hall–Kier alpha value is -2.40. The fourth-order valence-corrected chi connectivity index (χ4v) is 1.82. The predicted octanol–water partition coefficient (Wildman–Crippen LogP) is 1.54. The molecule has 5 nitrogen and oxygen atoms in total. The number of rotatable bonds is 6. The summed E-state index contributed by atoms with van der Waals surface area (Å²) >= 11 is 0. The molecule has 2 aromatic rings. The smallest absolute Gasteiger partial charge is 0.258 e. The first-order chi connectivity index (χ1) is 10.2. The van der Waals surface area contributed by atoms with Crippen LogP contribution in [0.15, 0.2) is 42.7 Å². The predicted molar refractivity (Wildman–Crippen MR) is 80.6 cm³/mol. The van der Waals surface area contributed by atoms with E-state index in [0.717, 1.165) is 16.7 Å². The molecule has 0 saturated heterocycles. The van der Waals surface area contributed by atoms with Gasteiger partial charge in [-0.1, -0.05) is 12.1 Å². The lowest BCUT2D eigenvalue weighted by Crippen LogP contribution is -2.28. The van der Waals surface area contributed by atoms with Crippen molar-refractivity contribution in [3.05, 3.63) is 59.4 Å². The first-order valence-electron chi connectivity index (χ1n) is 6.77. The fourth-order valence-electron chi connectivity index (χ4n) is 1.82. The lowest BCUT2D eigenvalue weighted by atomic mass is 10.1. The molecule has 1 heterocycles. The standard InChI is InChI=1S/C16H19N3O2/c1-12-9-18-7-6-14(12)10-19-16(20)11-21-15-4-2-13(8-17)3-5-15/h2-7,9H,8,10-11,17H2,1H3,(H,19,20). The summed E-state index contributed by atoms with van der Waals surface area (Å²) in [6, 6.07) is 9.27. The van der Waals surface area contributed by atoms with Crippen molar-refractivity contribution in [2.24, 2.45) is 5.73 Å². The van der Waals surface area contributed by atoms with Crippen LogP contribution >= 0.6 is 0 Å². The number of amides is 1. The maximum Gasteiger partial charge on any atom is 0.258 e. The van der Waals surface area contributed by atoms with Crippen LogP contribution in [-0.2, 0) is 17.9 Å². The summed E-state index contributed by atoms with van der Waals surface area (Å²) in [4.78, 5) is 15.8. The van der Waals surface area contributed by atoms with E-state index in [1.807, 2.05) is 37.3 Å². The van der Waals surface area contributed by atoms with Crippen LogP contribution in [0.5, 0.6) is 5.75 Å². The summed E-state index contributed by atoms with van der Waals surface area (Å²) < 4.78 is 5.42. The zero-order valence-electron chi connectivity index (χ0n) is 12.0. The summed E-state index contributed by atoms with van der Waals surface area (Å²) in [6.07, 6.45) is 3.49. The van der Waals surface area contributed by atoms with Crippen LogP contribution in [0, 0.1) is 6.92 Å². The van der Waals surface area contributed by atoms with Gasteiger partial charge in [0.2, 0.25) is 0 Å². The van der Waals surface area contributed by atoms with Gasteiger partial charge in [-0.05, 0) is 41.8 Å². The molecule has 0 bridgehead atoms. The number of pyridine rings is 1. The summed E-state index contributed by atoms with van der Waals surface area (Å²) in [5, 5.41) is 2.82. The average molecular weight is 285 g/mol. The van der Waals surface area contributed by atoms with Crippen molar-refractivity contribution in [3.63, 3.8) is 0 Å². The highest BCUT2D eigenvalue weighted by Gasteiger charge is 2.04. The van der Waals surface area contributed by atoms with Gasteiger partial charge in [-0.3, -0.25) is 9.78 Å². The number of carbonyl (C=O) groups excluding carboxylic acids is 1. The third-order valence-corrected chi connectivity index (χ3v) is 3.14. The van der Waals surface area contributed by atoms with E-state index in [1.165, 1.54) is 0 Å². The number of nitrogens with two attached hydrogens (primary N) is 1. The molecule has 0 aliphatic rings. The van der Waals surface area contributed by atoms with E-state index in [2.05, 4.69) is 10.3 Å². The van der Waals surface area contributed by atoms with E-state index < -0.39 is 0 Å². The molecule has 0 saturated carbocycles. The molecule has 0 spiro atoms. The minimum Gasteiger partial charge on any atom is -0.484 e. The van der Waals surface area contributed by atoms with Gasteiger partial charge in [0, 0.05) is 25.5 Å². The van der Waals surface area contributed by atoms with Gasteiger partial charge in [0.25, 0.3) is 5.91 Å². The normalized spacial score (nSPS) is 10.2. The summed E-state index contributed by atoms with van der Waals surface area (Å²) in [6.45, 7) is 2.92. The monoisotopic (exact) mass is 285 g/mol. The number of nitrogens with one attached hydrogen (secondary N) is 1. The summed E-state index contributed by atoms with van der Waals surface area (Å²) in [7, 11) is 0. The van der Waals surface area contributed by atoms with Gasteiger partial charge in [0.05, 0.1) is 0 Å².